The summed E-state index contributed by atoms with van der Waals surface area (Å²) in [5.41, 5.74) is 6.21. The van der Waals surface area contributed by atoms with Gasteiger partial charge in [0, 0.05) is 12.2 Å². The molecule has 0 spiro atoms. The van der Waals surface area contributed by atoms with Gasteiger partial charge in [0.15, 0.2) is 5.75 Å². The van der Waals surface area contributed by atoms with Crippen molar-refractivity contribution in [2.24, 2.45) is 0 Å². The Balaban J connectivity index is 2.27. The quantitative estimate of drug-likeness (QED) is 0.859. The number of nitrogen functional groups attached to an aromatic ring is 1. The van der Waals surface area contributed by atoms with Gasteiger partial charge in [0.05, 0.1) is 25.1 Å². The molecule has 0 saturated heterocycles. The zero-order chi connectivity index (χ0) is 14.7. The lowest BCUT2D eigenvalue weighted by atomic mass is 10.2. The topological polar surface area (TPSA) is 92.3 Å². The van der Waals surface area contributed by atoms with Crippen molar-refractivity contribution in [3.8, 4) is 11.6 Å². The van der Waals surface area contributed by atoms with Crippen LogP contribution in [-0.2, 0) is 4.74 Å². The molecule has 2 rings (SSSR count). The Hall–Kier alpha value is -2.57. The first-order valence-electron chi connectivity index (χ1n) is 6.07. The third kappa shape index (κ3) is 2.71. The van der Waals surface area contributed by atoms with Crippen LogP contribution >= 0.6 is 0 Å². The molecule has 0 unspecified atom stereocenters. The maximum absolute atomic E-state index is 11.5. The van der Waals surface area contributed by atoms with Gasteiger partial charge >= 0.3 is 5.97 Å². The number of nitrogens with zero attached hydrogens (tertiary/aromatic N) is 3. The highest BCUT2D eigenvalue weighted by Crippen LogP contribution is 2.28. The van der Waals surface area contributed by atoms with Crippen molar-refractivity contribution in [2.75, 3.05) is 12.8 Å². The monoisotopic (exact) mass is 276 g/mol. The first-order chi connectivity index (χ1) is 9.52. The van der Waals surface area contributed by atoms with Crippen LogP contribution in [0, 0.1) is 0 Å². The summed E-state index contributed by atoms with van der Waals surface area (Å²) in [5, 5.41) is 4.15. The van der Waals surface area contributed by atoms with Crippen LogP contribution in [0.25, 0.3) is 0 Å². The smallest absolute Gasteiger partial charge is 0.340 e. The normalized spacial score (nSPS) is 10.6. The van der Waals surface area contributed by atoms with E-state index < -0.39 is 5.97 Å². The Morgan fingerprint density at radius 3 is 2.80 bits per heavy atom. The van der Waals surface area contributed by atoms with Crippen LogP contribution in [0.5, 0.6) is 11.6 Å². The molecule has 7 heteroatoms. The van der Waals surface area contributed by atoms with Crippen LogP contribution in [-0.4, -0.2) is 27.8 Å². The van der Waals surface area contributed by atoms with Crippen molar-refractivity contribution in [3.05, 3.63) is 30.2 Å². The van der Waals surface area contributed by atoms with Gasteiger partial charge in [0.2, 0.25) is 5.88 Å². The second kappa shape index (κ2) is 5.60. The lowest BCUT2D eigenvalue weighted by Crippen LogP contribution is -2.07. The third-order valence-corrected chi connectivity index (χ3v) is 2.68. The number of pyridine rings is 1. The first-order valence-corrected chi connectivity index (χ1v) is 6.07. The zero-order valence-electron chi connectivity index (χ0n) is 11.5. The van der Waals surface area contributed by atoms with E-state index in [1.165, 1.54) is 19.4 Å². The number of rotatable bonds is 4. The number of nitrogens with two attached hydrogens (primary N) is 1. The Morgan fingerprint density at radius 1 is 1.45 bits per heavy atom. The van der Waals surface area contributed by atoms with Crippen LogP contribution in [0.15, 0.2) is 24.7 Å². The molecule has 2 aromatic heterocycles. The standard InChI is InChI=1S/C13H16N4O3/c1-8(2)17-7-9(6-16-17)20-12-11(14)10(4-5-15-12)13(18)19-3/h4-8H,14H2,1-3H3. The Morgan fingerprint density at radius 2 is 2.20 bits per heavy atom. The van der Waals surface area contributed by atoms with E-state index in [2.05, 4.69) is 14.8 Å². The largest absolute Gasteiger partial charge is 0.465 e. The molecule has 2 N–H and O–H groups in total. The number of esters is 1. The molecular weight excluding hydrogens is 260 g/mol. The van der Waals surface area contributed by atoms with Gasteiger partial charge in [-0.3, -0.25) is 4.68 Å². The number of carbonyl (C=O) groups is 1. The average Bonchev–Trinajstić information content (AvgIpc) is 2.89. The lowest BCUT2D eigenvalue weighted by molar-refractivity contribution is 0.0601. The van der Waals surface area contributed by atoms with Gasteiger partial charge < -0.3 is 15.2 Å². The van der Waals surface area contributed by atoms with Gasteiger partial charge in [-0.1, -0.05) is 0 Å². The zero-order valence-corrected chi connectivity index (χ0v) is 11.5. The van der Waals surface area contributed by atoms with E-state index in [4.69, 9.17) is 10.5 Å². The van der Waals surface area contributed by atoms with Crippen molar-refractivity contribution >= 4 is 11.7 Å². The summed E-state index contributed by atoms with van der Waals surface area (Å²) in [6, 6.07) is 1.70. The van der Waals surface area contributed by atoms with Crippen molar-refractivity contribution < 1.29 is 14.3 Å². The van der Waals surface area contributed by atoms with Crippen LogP contribution in [0.2, 0.25) is 0 Å². The van der Waals surface area contributed by atoms with Gasteiger partial charge in [0.25, 0.3) is 0 Å². The van der Waals surface area contributed by atoms with Gasteiger partial charge in [-0.15, -0.1) is 0 Å². The molecular formula is C13H16N4O3. The summed E-state index contributed by atoms with van der Waals surface area (Å²) < 4.78 is 11.9. The fraction of sp³-hybridized carbons (Fsp3) is 0.308. The van der Waals surface area contributed by atoms with E-state index in [-0.39, 0.29) is 23.2 Å². The summed E-state index contributed by atoms with van der Waals surface area (Å²) in [5.74, 6) is 0.115. The van der Waals surface area contributed by atoms with Gasteiger partial charge in [-0.2, -0.15) is 5.10 Å². The SMILES string of the molecule is COC(=O)c1ccnc(Oc2cnn(C(C)C)c2)c1N. The van der Waals surface area contributed by atoms with E-state index in [1.54, 1.807) is 17.1 Å². The number of hydrogen-bond acceptors (Lipinski definition) is 6. The number of ether oxygens (including phenoxy) is 2. The number of aromatic nitrogens is 3. The van der Waals surface area contributed by atoms with Crippen LogP contribution < -0.4 is 10.5 Å². The van der Waals surface area contributed by atoms with Gasteiger partial charge in [-0.25, -0.2) is 9.78 Å². The molecule has 7 nitrogen and oxygen atoms in total. The van der Waals surface area contributed by atoms with Crippen LogP contribution in [0.1, 0.15) is 30.2 Å². The molecule has 0 aliphatic heterocycles. The lowest BCUT2D eigenvalue weighted by Gasteiger charge is -2.08. The van der Waals surface area contributed by atoms with Crippen molar-refractivity contribution in [3.63, 3.8) is 0 Å². The van der Waals surface area contributed by atoms with E-state index in [0.717, 1.165) is 0 Å². The fourth-order valence-electron chi connectivity index (χ4n) is 1.59. The molecule has 0 aliphatic carbocycles. The molecule has 0 radical (unpaired) electrons. The van der Waals surface area contributed by atoms with E-state index >= 15 is 0 Å². The molecule has 0 fully saturated rings. The average molecular weight is 276 g/mol. The second-order valence-electron chi connectivity index (χ2n) is 4.42. The maximum Gasteiger partial charge on any atom is 0.340 e. The maximum atomic E-state index is 11.5. The number of anilines is 1. The third-order valence-electron chi connectivity index (χ3n) is 2.68. The molecule has 0 aliphatic rings. The molecule has 0 amide bonds. The summed E-state index contributed by atoms with van der Waals surface area (Å²) >= 11 is 0. The highest BCUT2D eigenvalue weighted by Gasteiger charge is 2.16. The van der Waals surface area contributed by atoms with Gasteiger partial charge in [0.1, 0.15) is 5.69 Å². The number of methoxy groups -OCH3 is 1. The minimum atomic E-state index is -0.535. The Labute approximate surface area is 116 Å². The minimum Gasteiger partial charge on any atom is -0.465 e. The summed E-state index contributed by atoms with van der Waals surface area (Å²) in [6.07, 6.45) is 4.73. The molecule has 0 atom stereocenters. The Bertz CT molecular complexity index is 622. The van der Waals surface area contributed by atoms with Crippen molar-refractivity contribution in [1.29, 1.82) is 0 Å². The molecule has 0 saturated carbocycles. The highest BCUT2D eigenvalue weighted by atomic mass is 16.5. The van der Waals surface area contributed by atoms with Crippen LogP contribution in [0.3, 0.4) is 0 Å². The Kier molecular flexibility index (Phi) is 3.88. The minimum absolute atomic E-state index is 0.136. The molecule has 0 bridgehead atoms. The van der Waals surface area contributed by atoms with Crippen molar-refractivity contribution in [1.82, 2.24) is 14.8 Å². The number of carbonyl (C=O) groups excluding carboxylic acids is 1. The highest BCUT2D eigenvalue weighted by molar-refractivity contribution is 5.96. The number of hydrogen-bond donors (Lipinski definition) is 1. The molecule has 20 heavy (non-hydrogen) atoms. The molecule has 0 aromatic carbocycles. The molecule has 2 heterocycles. The van der Waals surface area contributed by atoms with E-state index in [1.807, 2.05) is 13.8 Å². The van der Waals surface area contributed by atoms with E-state index in [0.29, 0.717) is 5.75 Å². The van der Waals surface area contributed by atoms with Crippen molar-refractivity contribution in [2.45, 2.75) is 19.9 Å². The van der Waals surface area contributed by atoms with E-state index in [9.17, 15) is 4.79 Å². The summed E-state index contributed by atoms with van der Waals surface area (Å²) in [7, 11) is 1.29. The molecule has 2 aromatic rings. The second-order valence-corrected chi connectivity index (χ2v) is 4.42. The molecule has 106 valence electrons. The summed E-state index contributed by atoms with van der Waals surface area (Å²) in [4.78, 5) is 15.5. The van der Waals surface area contributed by atoms with Gasteiger partial charge in [-0.05, 0) is 19.9 Å². The predicted octanol–water partition coefficient (Wildman–Crippen LogP) is 2.02. The summed E-state index contributed by atoms with van der Waals surface area (Å²) in [6.45, 7) is 4.00. The first kappa shape index (κ1) is 13.9. The van der Waals surface area contributed by atoms with Crippen LogP contribution in [0.4, 0.5) is 5.69 Å². The predicted molar refractivity (Wildman–Crippen MR) is 72.7 cm³/mol. The fourth-order valence-corrected chi connectivity index (χ4v) is 1.59.